The van der Waals surface area contributed by atoms with Crippen LogP contribution in [0.2, 0.25) is 0 Å². The van der Waals surface area contributed by atoms with Crippen molar-refractivity contribution >= 4 is 29.2 Å². The van der Waals surface area contributed by atoms with Crippen LogP contribution in [-0.4, -0.2) is 89.5 Å². The minimum Gasteiger partial charge on any atom is -0.444 e. The summed E-state index contributed by atoms with van der Waals surface area (Å²) in [7, 11) is 3.57. The highest BCUT2D eigenvalue weighted by molar-refractivity contribution is 7.13. The Labute approximate surface area is 175 Å². The van der Waals surface area contributed by atoms with Crippen molar-refractivity contribution in [2.75, 3.05) is 40.3 Å². The van der Waals surface area contributed by atoms with Crippen LogP contribution in [0.1, 0.15) is 41.1 Å². The van der Waals surface area contributed by atoms with E-state index in [1.807, 2.05) is 7.05 Å². The van der Waals surface area contributed by atoms with Crippen LogP contribution in [0.15, 0.2) is 0 Å². The lowest BCUT2D eigenvalue weighted by molar-refractivity contribution is -0.127. The molecule has 0 saturated carbocycles. The molecule has 2 aliphatic heterocycles. The van der Waals surface area contributed by atoms with Crippen molar-refractivity contribution in [3.63, 3.8) is 0 Å². The zero-order valence-electron chi connectivity index (χ0n) is 17.7. The number of hydrogen-bond donors (Lipinski definition) is 1. The average Bonchev–Trinajstić information content (AvgIpc) is 3.08. The van der Waals surface area contributed by atoms with Gasteiger partial charge in [-0.05, 0) is 27.8 Å². The molecule has 1 N–H and O–H groups in total. The van der Waals surface area contributed by atoms with Crippen LogP contribution in [0.4, 0.5) is 4.79 Å². The Balaban J connectivity index is 1.77. The summed E-state index contributed by atoms with van der Waals surface area (Å²) < 4.78 is 5.42. The van der Waals surface area contributed by atoms with E-state index in [4.69, 9.17) is 4.74 Å². The van der Waals surface area contributed by atoms with E-state index in [-0.39, 0.29) is 24.9 Å². The van der Waals surface area contributed by atoms with Crippen molar-refractivity contribution in [1.82, 2.24) is 25.0 Å². The Morgan fingerprint density at radius 1 is 1.21 bits per heavy atom. The Bertz CT molecular complexity index is 803. The molecule has 0 aliphatic carbocycles. The highest BCUT2D eigenvalue weighted by Gasteiger charge is 2.39. The molecular weight excluding hydrogens is 394 g/mol. The SMILES string of the molecule is CNC(=O)C1CN(C(=O)OC(C)(C)C)CCN1C(=O)c1nc2c(s1)CN(C)CC2. The minimum absolute atomic E-state index is 0.0914. The van der Waals surface area contributed by atoms with Gasteiger partial charge in [-0.15, -0.1) is 11.3 Å². The van der Waals surface area contributed by atoms with Gasteiger partial charge in [0.15, 0.2) is 5.01 Å². The molecule has 1 aromatic rings. The van der Waals surface area contributed by atoms with Gasteiger partial charge in [0.25, 0.3) is 5.91 Å². The monoisotopic (exact) mass is 423 g/mol. The number of rotatable bonds is 2. The summed E-state index contributed by atoms with van der Waals surface area (Å²) in [6.45, 7) is 7.73. The van der Waals surface area contributed by atoms with Crippen LogP contribution in [0.3, 0.4) is 0 Å². The lowest BCUT2D eigenvalue weighted by Gasteiger charge is -2.40. The van der Waals surface area contributed by atoms with Gasteiger partial charge in [0.2, 0.25) is 5.91 Å². The summed E-state index contributed by atoms with van der Waals surface area (Å²) in [5, 5.41) is 3.01. The topological polar surface area (TPSA) is 95.1 Å². The number of aromatic nitrogens is 1. The molecule has 0 aromatic carbocycles. The Morgan fingerprint density at radius 3 is 2.59 bits per heavy atom. The molecule has 2 aliphatic rings. The number of likely N-dealkylation sites (N-methyl/N-ethyl adjacent to an activating group) is 2. The number of amides is 3. The number of piperazine rings is 1. The van der Waals surface area contributed by atoms with Crippen molar-refractivity contribution in [2.24, 2.45) is 0 Å². The largest absolute Gasteiger partial charge is 0.444 e. The predicted molar refractivity (Wildman–Crippen MR) is 109 cm³/mol. The number of carbonyl (C=O) groups is 3. The second kappa shape index (κ2) is 8.27. The molecule has 0 radical (unpaired) electrons. The van der Waals surface area contributed by atoms with E-state index < -0.39 is 17.7 Å². The van der Waals surface area contributed by atoms with E-state index in [9.17, 15) is 14.4 Å². The van der Waals surface area contributed by atoms with Gasteiger partial charge in [-0.25, -0.2) is 9.78 Å². The minimum atomic E-state index is -0.780. The van der Waals surface area contributed by atoms with Gasteiger partial charge in [0.05, 0.1) is 12.2 Å². The van der Waals surface area contributed by atoms with E-state index >= 15 is 0 Å². The number of carbonyl (C=O) groups excluding carboxylic acids is 3. The third kappa shape index (κ3) is 4.87. The zero-order chi connectivity index (χ0) is 21.3. The first-order valence-electron chi connectivity index (χ1n) is 9.76. The Kier molecular flexibility index (Phi) is 6.13. The van der Waals surface area contributed by atoms with E-state index in [1.165, 1.54) is 28.2 Å². The van der Waals surface area contributed by atoms with Gasteiger partial charge in [-0.1, -0.05) is 0 Å². The fourth-order valence-electron chi connectivity index (χ4n) is 3.45. The Hall–Kier alpha value is -2.20. The molecule has 1 fully saturated rings. The van der Waals surface area contributed by atoms with Crippen molar-refractivity contribution in [3.8, 4) is 0 Å². The van der Waals surface area contributed by atoms with Crippen LogP contribution >= 0.6 is 11.3 Å². The van der Waals surface area contributed by atoms with Crippen molar-refractivity contribution in [2.45, 2.75) is 45.4 Å². The summed E-state index contributed by atoms with van der Waals surface area (Å²) in [6.07, 6.45) is 0.340. The standard InChI is InChI=1S/C19H29N5O4S/c1-19(2,3)28-18(27)23-8-9-24(13(10-23)15(25)20-4)17(26)16-21-12-6-7-22(5)11-14(12)29-16/h13H,6-11H2,1-5H3,(H,20,25). The van der Waals surface area contributed by atoms with Gasteiger partial charge in [-0.2, -0.15) is 0 Å². The van der Waals surface area contributed by atoms with E-state index in [0.29, 0.717) is 11.6 Å². The Morgan fingerprint density at radius 2 is 1.93 bits per heavy atom. The van der Waals surface area contributed by atoms with Crippen molar-refractivity contribution in [3.05, 3.63) is 15.6 Å². The summed E-state index contributed by atoms with van der Waals surface area (Å²) in [5.74, 6) is -0.572. The number of nitrogens with one attached hydrogen (secondary N) is 1. The third-order valence-corrected chi connectivity index (χ3v) is 6.02. The van der Waals surface area contributed by atoms with Crippen molar-refractivity contribution in [1.29, 1.82) is 0 Å². The van der Waals surface area contributed by atoms with Gasteiger partial charge < -0.3 is 24.8 Å². The lowest BCUT2D eigenvalue weighted by Crippen LogP contribution is -2.61. The van der Waals surface area contributed by atoms with Gasteiger partial charge >= 0.3 is 6.09 Å². The number of fused-ring (bicyclic) bond motifs is 1. The van der Waals surface area contributed by atoms with E-state index in [1.54, 1.807) is 20.8 Å². The number of ether oxygens (including phenoxy) is 1. The maximum absolute atomic E-state index is 13.2. The molecule has 160 valence electrons. The van der Waals surface area contributed by atoms with Crippen LogP contribution in [0, 0.1) is 0 Å². The lowest BCUT2D eigenvalue weighted by atomic mass is 10.1. The molecule has 1 atom stereocenters. The molecule has 29 heavy (non-hydrogen) atoms. The molecule has 3 rings (SSSR count). The van der Waals surface area contributed by atoms with Crippen LogP contribution in [0.25, 0.3) is 0 Å². The molecule has 1 unspecified atom stereocenters. The smallest absolute Gasteiger partial charge is 0.410 e. The quantitative estimate of drug-likeness (QED) is 0.761. The third-order valence-electron chi connectivity index (χ3n) is 4.95. The van der Waals surface area contributed by atoms with Gasteiger partial charge in [-0.3, -0.25) is 9.59 Å². The van der Waals surface area contributed by atoms with Crippen molar-refractivity contribution < 1.29 is 19.1 Å². The number of thiazole rings is 1. The fourth-order valence-corrected chi connectivity index (χ4v) is 4.59. The summed E-state index contributed by atoms with van der Waals surface area (Å²) in [5.41, 5.74) is 0.347. The molecule has 1 aromatic heterocycles. The second-order valence-electron chi connectivity index (χ2n) is 8.43. The molecular formula is C19H29N5O4S. The van der Waals surface area contributed by atoms with Crippen LogP contribution < -0.4 is 5.32 Å². The first kappa shape index (κ1) is 21.5. The molecule has 3 amide bonds. The highest BCUT2D eigenvalue weighted by atomic mass is 32.1. The van der Waals surface area contributed by atoms with E-state index in [0.717, 1.165) is 30.1 Å². The maximum Gasteiger partial charge on any atom is 0.410 e. The first-order chi connectivity index (χ1) is 13.6. The summed E-state index contributed by atoms with van der Waals surface area (Å²) in [4.78, 5) is 49.0. The summed E-state index contributed by atoms with van der Waals surface area (Å²) in [6, 6.07) is -0.780. The normalized spacial score (nSPS) is 20.2. The van der Waals surface area contributed by atoms with Crippen LogP contribution in [0.5, 0.6) is 0 Å². The molecule has 0 bridgehead atoms. The predicted octanol–water partition coefficient (Wildman–Crippen LogP) is 0.939. The molecule has 0 spiro atoms. The first-order valence-corrected chi connectivity index (χ1v) is 10.6. The van der Waals surface area contributed by atoms with E-state index in [2.05, 4.69) is 15.2 Å². The van der Waals surface area contributed by atoms with Gasteiger partial charge in [0.1, 0.15) is 11.6 Å². The average molecular weight is 424 g/mol. The molecule has 9 nitrogen and oxygen atoms in total. The van der Waals surface area contributed by atoms with Crippen LogP contribution in [-0.2, 0) is 22.5 Å². The zero-order valence-corrected chi connectivity index (χ0v) is 18.5. The molecule has 3 heterocycles. The maximum atomic E-state index is 13.2. The molecule has 10 heteroatoms. The fraction of sp³-hybridized carbons (Fsp3) is 0.684. The van der Waals surface area contributed by atoms with Gasteiger partial charge in [0, 0.05) is 44.5 Å². The number of nitrogens with zero attached hydrogens (tertiary/aromatic N) is 4. The highest BCUT2D eigenvalue weighted by Crippen LogP contribution is 2.26. The molecule has 1 saturated heterocycles. The number of hydrogen-bond acceptors (Lipinski definition) is 7. The second-order valence-corrected chi connectivity index (χ2v) is 9.52. The summed E-state index contributed by atoms with van der Waals surface area (Å²) >= 11 is 1.40.